The number of phenols is 2. The van der Waals surface area contributed by atoms with Gasteiger partial charge in [0.05, 0.1) is 52.5 Å². The molecule has 0 spiro atoms. The predicted molar refractivity (Wildman–Crippen MR) is 402 cm³/mol. The maximum absolute atomic E-state index is 13.2. The fourth-order valence-corrected chi connectivity index (χ4v) is 14.1. The summed E-state index contributed by atoms with van der Waals surface area (Å²) in [6, 6.07) is 31.8. The molecule has 1 aliphatic carbocycles. The van der Waals surface area contributed by atoms with E-state index in [2.05, 4.69) is 197 Å². The largest absolute Gasteiger partial charge is 0.507 e. The molecule has 0 saturated heterocycles. The Bertz CT molecular complexity index is 3950. The van der Waals surface area contributed by atoms with Crippen molar-refractivity contribution in [1.29, 1.82) is 0 Å². The summed E-state index contributed by atoms with van der Waals surface area (Å²) in [5, 5.41) is 52.1. The van der Waals surface area contributed by atoms with E-state index in [-0.39, 0.29) is 81.0 Å². The lowest BCUT2D eigenvalue weighted by Crippen LogP contribution is -2.16. The molecule has 0 atom stereocenters. The number of nitro groups is 2. The molecule has 100 heavy (non-hydrogen) atoms. The number of ether oxygens (including phenoxy) is 6. The first-order valence-corrected chi connectivity index (χ1v) is 34.7. The smallest absolute Gasteiger partial charge is 0.270 e. The lowest BCUT2D eigenvalue weighted by Gasteiger charge is -2.27. The molecule has 0 heterocycles. The zero-order valence-corrected chi connectivity index (χ0v) is 63.8. The molecule has 0 radical (unpaired) electrons. The Hall–Kier alpha value is -9.04. The van der Waals surface area contributed by atoms with Crippen LogP contribution in [0.15, 0.2) is 97.1 Å². The van der Waals surface area contributed by atoms with Gasteiger partial charge in [-0.2, -0.15) is 0 Å². The Kier molecular flexibility index (Phi) is 21.2. The fourth-order valence-electron chi connectivity index (χ4n) is 14.1. The van der Waals surface area contributed by atoms with E-state index in [0.717, 1.165) is 100 Å². The first-order chi connectivity index (χ1) is 46.5. The van der Waals surface area contributed by atoms with Crippen molar-refractivity contribution < 1.29 is 48.5 Å². The average molecular weight is 1360 g/mol. The molecular formula is C86H106N2O12. The third kappa shape index (κ3) is 16.1. The number of nitrogens with zero attached hydrogens (tertiary/aromatic N) is 2. The highest BCUT2D eigenvalue weighted by Crippen LogP contribution is 2.47. The molecule has 0 aliphatic heterocycles. The Balaban J connectivity index is 1.39. The van der Waals surface area contributed by atoms with Crippen molar-refractivity contribution in [1.82, 2.24) is 0 Å². The lowest BCUT2D eigenvalue weighted by molar-refractivity contribution is -0.385. The Labute approximate surface area is 593 Å². The molecule has 14 heteroatoms. The summed E-state index contributed by atoms with van der Waals surface area (Å²) < 4.78 is 39.1. The molecule has 0 amide bonds. The number of benzene rings is 8. The summed E-state index contributed by atoms with van der Waals surface area (Å²) in [7, 11) is 9.93. The highest BCUT2D eigenvalue weighted by molar-refractivity contribution is 5.63. The summed E-state index contributed by atoms with van der Waals surface area (Å²) in [4.78, 5) is 25.6. The molecule has 16 bridgehead atoms. The van der Waals surface area contributed by atoms with Gasteiger partial charge in [-0.1, -0.05) is 197 Å². The van der Waals surface area contributed by atoms with Crippen molar-refractivity contribution >= 4 is 11.4 Å². The number of phenolic OH excluding ortho intramolecular Hbond substituents is 2. The zero-order chi connectivity index (χ0) is 73.8. The van der Waals surface area contributed by atoms with E-state index in [1.165, 1.54) is 24.3 Å². The minimum atomic E-state index is -0.399. The number of hydrogen-bond acceptors (Lipinski definition) is 12. The molecule has 532 valence electrons. The van der Waals surface area contributed by atoms with Crippen molar-refractivity contribution in [2.24, 2.45) is 0 Å². The van der Waals surface area contributed by atoms with Crippen molar-refractivity contribution in [2.45, 2.75) is 208 Å². The van der Waals surface area contributed by atoms with Crippen molar-refractivity contribution in [3.63, 3.8) is 0 Å². The van der Waals surface area contributed by atoms with Gasteiger partial charge in [0.1, 0.15) is 46.0 Å². The van der Waals surface area contributed by atoms with Gasteiger partial charge in [0.25, 0.3) is 11.4 Å². The predicted octanol–water partition coefficient (Wildman–Crippen LogP) is 19.8. The molecule has 0 unspecified atom stereocenters. The van der Waals surface area contributed by atoms with Crippen LogP contribution in [0.25, 0.3) is 0 Å². The van der Waals surface area contributed by atoms with E-state index >= 15 is 0 Å². The highest BCUT2D eigenvalue weighted by atomic mass is 16.6. The molecule has 1 aliphatic rings. The standard InChI is InChI=1S/C86H106N2O12/c1-81(2,3)65-33-53-25-49-45-71(87(91)92)46-50(73(49)89)26-54-34-66(82(4,5)6)39-59(76(54)96-20)31-63-43-70(86(16,17)18)44-64(80(63)100-24)32-60-40-68(84(10,11)12)36-56(78(60)98-22)28-52-48-72(88(93)94)47-51(74(52)90)27-55-35-67(83(7,8)9)38-58(77(55)97-21)30-62-42-69(85(13,14)15)41-61(79(62)99-23)29-57(37-65)75(53)95-19/h33-48,89-90H,25-32H2,1-24H3. The number of methoxy groups -OCH3 is 6. The second kappa shape index (κ2) is 28.2. The summed E-state index contributed by atoms with van der Waals surface area (Å²) in [6.07, 6.45) is 1.82. The van der Waals surface area contributed by atoms with Gasteiger partial charge in [0.15, 0.2) is 0 Å². The normalized spacial score (nSPS) is 13.5. The number of nitro benzene ring substituents is 2. The Morgan fingerprint density at radius 1 is 0.250 bits per heavy atom. The summed E-state index contributed by atoms with van der Waals surface area (Å²) in [5.74, 6) is 3.52. The average Bonchev–Trinajstić information content (AvgIpc) is 0.778. The third-order valence-electron chi connectivity index (χ3n) is 19.9. The van der Waals surface area contributed by atoms with E-state index in [0.29, 0.717) is 82.4 Å². The Morgan fingerprint density at radius 3 is 0.470 bits per heavy atom. The number of non-ortho nitro benzene ring substituents is 2. The van der Waals surface area contributed by atoms with Crippen LogP contribution < -0.4 is 28.4 Å². The van der Waals surface area contributed by atoms with Gasteiger partial charge >= 0.3 is 0 Å². The van der Waals surface area contributed by atoms with Crippen LogP contribution in [0.4, 0.5) is 11.4 Å². The van der Waals surface area contributed by atoms with Gasteiger partial charge < -0.3 is 38.6 Å². The molecule has 9 rings (SSSR count). The quantitative estimate of drug-likeness (QED) is 0.109. The van der Waals surface area contributed by atoms with E-state index in [1.54, 1.807) is 42.7 Å². The minimum Gasteiger partial charge on any atom is -0.507 e. The number of hydrogen-bond donors (Lipinski definition) is 2. The van der Waals surface area contributed by atoms with Crippen LogP contribution in [0.5, 0.6) is 46.0 Å². The second-order valence-corrected chi connectivity index (χ2v) is 33.6. The van der Waals surface area contributed by atoms with Gasteiger partial charge in [0.2, 0.25) is 0 Å². The maximum atomic E-state index is 13.2. The number of fused-ring (bicyclic) bond motifs is 16. The highest BCUT2D eigenvalue weighted by Gasteiger charge is 2.32. The van der Waals surface area contributed by atoms with Gasteiger partial charge in [-0.15, -0.1) is 0 Å². The van der Waals surface area contributed by atoms with Gasteiger partial charge in [-0.05, 0) is 133 Å². The van der Waals surface area contributed by atoms with E-state index in [9.17, 15) is 30.4 Å². The van der Waals surface area contributed by atoms with Crippen LogP contribution in [-0.2, 0) is 83.9 Å². The van der Waals surface area contributed by atoms with Crippen LogP contribution in [0.3, 0.4) is 0 Å². The fraction of sp³-hybridized carbons (Fsp3) is 0.442. The summed E-state index contributed by atoms with van der Waals surface area (Å²) in [6.45, 7) is 38.9. The molecule has 8 aromatic carbocycles. The lowest BCUT2D eigenvalue weighted by atomic mass is 9.80. The van der Waals surface area contributed by atoms with E-state index in [1.807, 2.05) is 0 Å². The van der Waals surface area contributed by atoms with E-state index < -0.39 is 9.85 Å². The summed E-state index contributed by atoms with van der Waals surface area (Å²) in [5.41, 5.74) is 15.1. The second-order valence-electron chi connectivity index (χ2n) is 33.6. The first-order valence-electron chi connectivity index (χ1n) is 34.7. The van der Waals surface area contributed by atoms with Crippen LogP contribution in [0.1, 0.15) is 247 Å². The molecule has 8 aromatic rings. The molecule has 14 nitrogen and oxygen atoms in total. The number of aromatic hydroxyl groups is 2. The van der Waals surface area contributed by atoms with Gasteiger partial charge in [-0.25, -0.2) is 0 Å². The SMILES string of the molecule is COc1c2cc(C(C)(C)C)cc1Cc1cc(C(C)(C)C)cc(c1OC)Cc1cc(C(C)(C)C)cc(c1OC)Cc1cc([N+](=O)[O-])cc(c1O)Cc1cc(C(C)(C)C)cc(c1OC)Cc1cc(C(C)(C)C)cc(c1OC)Cc1cc(C(C)(C)C)cc(c1OC)Cc1cc([N+](=O)[O-])cc(c1O)C2. The molecule has 2 N–H and O–H groups in total. The van der Waals surface area contributed by atoms with Crippen molar-refractivity contribution in [3.05, 3.63) is 240 Å². The monoisotopic (exact) mass is 1360 g/mol. The van der Waals surface area contributed by atoms with Crippen LogP contribution in [0.2, 0.25) is 0 Å². The van der Waals surface area contributed by atoms with Crippen LogP contribution in [0, 0.1) is 20.2 Å². The zero-order valence-electron chi connectivity index (χ0n) is 63.8. The molecule has 0 saturated carbocycles. The van der Waals surface area contributed by atoms with Crippen LogP contribution in [-0.4, -0.2) is 62.7 Å². The van der Waals surface area contributed by atoms with Crippen molar-refractivity contribution in [2.75, 3.05) is 42.7 Å². The summed E-state index contributed by atoms with van der Waals surface area (Å²) >= 11 is 0. The maximum Gasteiger partial charge on any atom is 0.270 e. The van der Waals surface area contributed by atoms with Crippen molar-refractivity contribution in [3.8, 4) is 46.0 Å². The molecule has 0 fully saturated rings. The topological polar surface area (TPSA) is 182 Å². The first kappa shape index (κ1) is 75.2. The van der Waals surface area contributed by atoms with E-state index in [4.69, 9.17) is 28.4 Å². The molecular weight excluding hydrogens is 1250 g/mol. The minimum absolute atomic E-state index is 0.0611. The van der Waals surface area contributed by atoms with Gasteiger partial charge in [-0.3, -0.25) is 20.2 Å². The number of rotatable bonds is 8. The third-order valence-corrected chi connectivity index (χ3v) is 19.9. The van der Waals surface area contributed by atoms with Gasteiger partial charge in [0, 0.05) is 97.9 Å². The molecule has 0 aromatic heterocycles. The Morgan fingerprint density at radius 2 is 0.370 bits per heavy atom. The van der Waals surface area contributed by atoms with Crippen LogP contribution >= 0.6 is 0 Å².